The Morgan fingerprint density at radius 3 is 2.94 bits per heavy atom. The lowest BCUT2D eigenvalue weighted by atomic mass is 10.2. The fourth-order valence-corrected chi connectivity index (χ4v) is 2.19. The number of hydrogen-bond acceptors (Lipinski definition) is 2. The molecule has 0 spiro atoms. The third kappa shape index (κ3) is 4.14. The van der Waals surface area contributed by atoms with E-state index in [4.69, 9.17) is 11.6 Å². The van der Waals surface area contributed by atoms with Crippen molar-refractivity contribution in [3.8, 4) is 0 Å². The van der Waals surface area contributed by atoms with Crippen molar-refractivity contribution in [2.24, 2.45) is 0 Å². The summed E-state index contributed by atoms with van der Waals surface area (Å²) in [6, 6.07) is 5.50. The number of carbonyl (C=O) groups is 1. The molecule has 2 nitrogen and oxygen atoms in total. The van der Waals surface area contributed by atoms with Crippen LogP contribution in [0.4, 0.5) is 0 Å². The van der Waals surface area contributed by atoms with Crippen molar-refractivity contribution < 1.29 is 4.79 Å². The Morgan fingerprint density at radius 1 is 1.56 bits per heavy atom. The first-order valence-corrected chi connectivity index (χ1v) is 7.99. The highest BCUT2D eigenvalue weighted by atomic mass is 127. The SMILES string of the molecule is CSc1ccc(Cl)c(C(=O)NCCCI)c1. The number of halogens is 2. The molecule has 0 aliphatic carbocycles. The van der Waals surface area contributed by atoms with Crippen LogP contribution in [0.25, 0.3) is 0 Å². The lowest BCUT2D eigenvalue weighted by Gasteiger charge is -2.07. The van der Waals surface area contributed by atoms with E-state index in [1.54, 1.807) is 17.8 Å². The molecule has 1 rings (SSSR count). The Bertz CT molecular complexity index is 373. The molecule has 0 aliphatic heterocycles. The van der Waals surface area contributed by atoms with Crippen molar-refractivity contribution in [3.63, 3.8) is 0 Å². The lowest BCUT2D eigenvalue weighted by molar-refractivity contribution is 0.0954. The maximum absolute atomic E-state index is 11.8. The number of alkyl halides is 1. The van der Waals surface area contributed by atoms with Crippen molar-refractivity contribution in [1.29, 1.82) is 0 Å². The largest absolute Gasteiger partial charge is 0.352 e. The molecule has 0 saturated heterocycles. The zero-order chi connectivity index (χ0) is 12.0. The van der Waals surface area contributed by atoms with E-state index in [1.807, 2.05) is 18.4 Å². The van der Waals surface area contributed by atoms with Gasteiger partial charge in [0, 0.05) is 15.9 Å². The van der Waals surface area contributed by atoms with Gasteiger partial charge in [-0.05, 0) is 30.9 Å². The maximum Gasteiger partial charge on any atom is 0.252 e. The highest BCUT2D eigenvalue weighted by Crippen LogP contribution is 2.22. The summed E-state index contributed by atoms with van der Waals surface area (Å²) in [6.07, 6.45) is 2.95. The van der Waals surface area contributed by atoms with Crippen molar-refractivity contribution in [2.75, 3.05) is 17.2 Å². The molecule has 1 aromatic rings. The van der Waals surface area contributed by atoms with Gasteiger partial charge < -0.3 is 5.32 Å². The van der Waals surface area contributed by atoms with Crippen LogP contribution >= 0.6 is 46.0 Å². The molecule has 0 atom stereocenters. The Labute approximate surface area is 119 Å². The molecular weight excluding hydrogens is 357 g/mol. The summed E-state index contributed by atoms with van der Waals surface area (Å²) < 4.78 is 1.04. The minimum absolute atomic E-state index is 0.0919. The minimum atomic E-state index is -0.0919. The molecule has 1 aromatic carbocycles. The molecule has 0 aromatic heterocycles. The van der Waals surface area contributed by atoms with Gasteiger partial charge in [-0.3, -0.25) is 4.79 Å². The molecule has 88 valence electrons. The smallest absolute Gasteiger partial charge is 0.252 e. The number of thioether (sulfide) groups is 1. The molecule has 1 N–H and O–H groups in total. The Balaban J connectivity index is 2.73. The van der Waals surface area contributed by atoms with Gasteiger partial charge in [0.15, 0.2) is 0 Å². The second kappa shape index (κ2) is 7.40. The molecule has 0 aliphatic rings. The Morgan fingerprint density at radius 2 is 2.31 bits per heavy atom. The van der Waals surface area contributed by atoms with Gasteiger partial charge in [-0.2, -0.15) is 0 Å². The van der Waals surface area contributed by atoms with E-state index < -0.39 is 0 Å². The molecule has 16 heavy (non-hydrogen) atoms. The normalized spacial score (nSPS) is 10.2. The van der Waals surface area contributed by atoms with Crippen molar-refractivity contribution in [1.82, 2.24) is 5.32 Å². The average molecular weight is 370 g/mol. The lowest BCUT2D eigenvalue weighted by Crippen LogP contribution is -2.24. The van der Waals surface area contributed by atoms with Gasteiger partial charge in [-0.1, -0.05) is 34.2 Å². The van der Waals surface area contributed by atoms with E-state index in [0.717, 1.165) is 15.7 Å². The predicted octanol–water partition coefficient (Wildman–Crippen LogP) is 3.62. The summed E-state index contributed by atoms with van der Waals surface area (Å²) >= 11 is 9.87. The molecule has 0 radical (unpaired) electrons. The summed E-state index contributed by atoms with van der Waals surface area (Å²) in [5.41, 5.74) is 0.557. The highest BCUT2D eigenvalue weighted by Gasteiger charge is 2.10. The zero-order valence-electron chi connectivity index (χ0n) is 8.93. The summed E-state index contributed by atoms with van der Waals surface area (Å²) in [6.45, 7) is 0.696. The number of nitrogens with one attached hydrogen (secondary N) is 1. The first-order chi connectivity index (χ1) is 7.69. The van der Waals surface area contributed by atoms with Gasteiger partial charge in [0.1, 0.15) is 0 Å². The predicted molar refractivity (Wildman–Crippen MR) is 79.1 cm³/mol. The van der Waals surface area contributed by atoms with E-state index in [0.29, 0.717) is 17.1 Å². The summed E-state index contributed by atoms with van der Waals surface area (Å²) in [7, 11) is 0. The first kappa shape index (κ1) is 14.1. The second-order valence-electron chi connectivity index (χ2n) is 3.14. The summed E-state index contributed by atoms with van der Waals surface area (Å²) in [4.78, 5) is 12.8. The van der Waals surface area contributed by atoms with Crippen LogP contribution in [0.3, 0.4) is 0 Å². The first-order valence-electron chi connectivity index (χ1n) is 4.86. The van der Waals surface area contributed by atoms with Crippen LogP contribution in [0, 0.1) is 0 Å². The van der Waals surface area contributed by atoms with Gasteiger partial charge in [0.2, 0.25) is 0 Å². The number of amides is 1. The van der Waals surface area contributed by atoms with Crippen LogP contribution < -0.4 is 5.32 Å². The Kier molecular flexibility index (Phi) is 6.53. The van der Waals surface area contributed by atoms with Gasteiger partial charge in [0.05, 0.1) is 10.6 Å². The quantitative estimate of drug-likeness (QED) is 0.372. The number of carbonyl (C=O) groups excluding carboxylic acids is 1. The molecule has 1 amide bonds. The van der Waals surface area contributed by atoms with Crippen LogP contribution in [-0.4, -0.2) is 23.1 Å². The fourth-order valence-electron chi connectivity index (χ4n) is 1.17. The summed E-state index contributed by atoms with van der Waals surface area (Å²) in [5, 5.41) is 3.36. The third-order valence-electron chi connectivity index (χ3n) is 2.01. The molecule has 0 fully saturated rings. The van der Waals surface area contributed by atoms with Crippen LogP contribution in [0.15, 0.2) is 23.1 Å². The van der Waals surface area contributed by atoms with E-state index in [9.17, 15) is 4.79 Å². The van der Waals surface area contributed by atoms with Crippen molar-refractivity contribution in [2.45, 2.75) is 11.3 Å². The van der Waals surface area contributed by atoms with Gasteiger partial charge >= 0.3 is 0 Å². The van der Waals surface area contributed by atoms with Gasteiger partial charge in [0.25, 0.3) is 5.91 Å². The van der Waals surface area contributed by atoms with Gasteiger partial charge in [-0.25, -0.2) is 0 Å². The van der Waals surface area contributed by atoms with E-state index >= 15 is 0 Å². The van der Waals surface area contributed by atoms with Gasteiger partial charge in [-0.15, -0.1) is 11.8 Å². The molecular formula is C11H13ClINOS. The maximum atomic E-state index is 11.8. The van der Waals surface area contributed by atoms with Crippen molar-refractivity contribution >= 4 is 51.9 Å². The van der Waals surface area contributed by atoms with Crippen LogP contribution in [0.1, 0.15) is 16.8 Å². The highest BCUT2D eigenvalue weighted by molar-refractivity contribution is 14.1. The average Bonchev–Trinajstić information content (AvgIpc) is 2.30. The molecule has 0 heterocycles. The number of benzene rings is 1. The number of hydrogen-bond donors (Lipinski definition) is 1. The second-order valence-corrected chi connectivity index (χ2v) is 5.51. The fraction of sp³-hybridized carbons (Fsp3) is 0.364. The molecule has 5 heteroatoms. The molecule has 0 unspecified atom stereocenters. The zero-order valence-corrected chi connectivity index (χ0v) is 12.7. The van der Waals surface area contributed by atoms with Crippen LogP contribution in [0.2, 0.25) is 5.02 Å². The standard InChI is InChI=1S/C11H13ClINOS/c1-16-8-3-4-10(12)9(7-8)11(15)14-6-2-5-13/h3-4,7H,2,5-6H2,1H3,(H,14,15). The summed E-state index contributed by atoms with van der Waals surface area (Å²) in [5.74, 6) is -0.0919. The minimum Gasteiger partial charge on any atom is -0.352 e. The van der Waals surface area contributed by atoms with E-state index in [1.165, 1.54) is 0 Å². The Hall–Kier alpha value is 0.0600. The topological polar surface area (TPSA) is 29.1 Å². The van der Waals surface area contributed by atoms with Crippen LogP contribution in [-0.2, 0) is 0 Å². The van der Waals surface area contributed by atoms with E-state index in [-0.39, 0.29) is 5.91 Å². The van der Waals surface area contributed by atoms with Crippen molar-refractivity contribution in [3.05, 3.63) is 28.8 Å². The molecule has 0 bridgehead atoms. The monoisotopic (exact) mass is 369 g/mol. The molecule has 0 saturated carbocycles. The van der Waals surface area contributed by atoms with Crippen LogP contribution in [0.5, 0.6) is 0 Å². The number of rotatable bonds is 5. The van der Waals surface area contributed by atoms with E-state index in [2.05, 4.69) is 27.9 Å². The third-order valence-corrected chi connectivity index (χ3v) is 3.83.